The van der Waals surface area contributed by atoms with Crippen LogP contribution in [0.1, 0.15) is 6.92 Å². The summed E-state index contributed by atoms with van der Waals surface area (Å²) in [6.07, 6.45) is 3.71. The molecule has 0 N–H and O–H groups in total. The lowest BCUT2D eigenvalue weighted by Crippen LogP contribution is -2.39. The van der Waals surface area contributed by atoms with Crippen molar-refractivity contribution in [3.8, 4) is 0 Å². The van der Waals surface area contributed by atoms with E-state index >= 15 is 0 Å². The molecule has 1 aromatic rings. The molecule has 0 amide bonds. The monoisotopic (exact) mass is 179 g/mol. The second-order valence-corrected chi connectivity index (χ2v) is 3.25. The fraction of sp³-hybridized carbons (Fsp3) is 0.500. The Morgan fingerprint density at radius 3 is 2.92 bits per heavy atom. The van der Waals surface area contributed by atoms with E-state index in [-0.39, 0.29) is 0 Å². The molecule has 13 heavy (non-hydrogen) atoms. The molecule has 0 aromatic carbocycles. The molecule has 0 spiro atoms. The Bertz CT molecular complexity index is 338. The van der Waals surface area contributed by atoms with Crippen molar-refractivity contribution in [2.24, 2.45) is 0 Å². The first-order chi connectivity index (χ1) is 6.20. The smallest absolute Gasteiger partial charge is 0.243 e. The predicted octanol–water partition coefficient (Wildman–Crippen LogP) is 0.478. The van der Waals surface area contributed by atoms with Gasteiger partial charge < -0.3 is 0 Å². The van der Waals surface area contributed by atoms with E-state index in [0.29, 0.717) is 0 Å². The number of allylic oxidation sites excluding steroid dienone is 2. The summed E-state index contributed by atoms with van der Waals surface area (Å²) in [6.45, 7) is 2.88. The number of hydrogen-bond donors (Lipinski definition) is 0. The minimum atomic E-state index is 0.811. The van der Waals surface area contributed by atoms with Crippen LogP contribution in [0.5, 0.6) is 0 Å². The van der Waals surface area contributed by atoms with Crippen LogP contribution in [0.15, 0.2) is 18.1 Å². The van der Waals surface area contributed by atoms with Gasteiger partial charge in [0.25, 0.3) is 0 Å². The van der Waals surface area contributed by atoms with E-state index in [4.69, 9.17) is 0 Å². The van der Waals surface area contributed by atoms with Gasteiger partial charge in [-0.1, -0.05) is 0 Å². The van der Waals surface area contributed by atoms with Crippen molar-refractivity contribution in [3.63, 3.8) is 0 Å². The predicted molar refractivity (Wildman–Crippen MR) is 49.9 cm³/mol. The molecule has 1 aromatic heterocycles. The topological polar surface area (TPSA) is 37.2 Å². The summed E-state index contributed by atoms with van der Waals surface area (Å²) in [5.74, 6) is 0.880. The molecule has 1 aliphatic heterocycles. The van der Waals surface area contributed by atoms with Crippen molar-refractivity contribution in [1.29, 1.82) is 0 Å². The molecule has 0 aliphatic carbocycles. The van der Waals surface area contributed by atoms with Gasteiger partial charge in [0.1, 0.15) is 6.33 Å². The maximum Gasteiger partial charge on any atom is 0.243 e. The summed E-state index contributed by atoms with van der Waals surface area (Å²) in [5, 5.41) is 8.13. The summed E-state index contributed by atoms with van der Waals surface area (Å²) in [6, 6.07) is 0. The standard InChI is InChI=1S/C8H13N5/c1-7-4-5-12-8(9-6-10-12)13(7)11(2)3/h4,6H,5H2,1-3H3. The zero-order chi connectivity index (χ0) is 9.42. The number of nitrogens with zero attached hydrogens (tertiary/aromatic N) is 5. The number of hydrogen-bond acceptors (Lipinski definition) is 4. The summed E-state index contributed by atoms with van der Waals surface area (Å²) in [4.78, 5) is 4.21. The third kappa shape index (κ3) is 1.21. The summed E-state index contributed by atoms with van der Waals surface area (Å²) in [5.41, 5.74) is 1.19. The average molecular weight is 179 g/mol. The van der Waals surface area contributed by atoms with Crippen LogP contribution in [-0.4, -0.2) is 33.9 Å². The van der Waals surface area contributed by atoms with Crippen LogP contribution in [-0.2, 0) is 6.54 Å². The molecule has 0 saturated carbocycles. The molecule has 0 atom stereocenters. The van der Waals surface area contributed by atoms with Gasteiger partial charge in [0.05, 0.1) is 6.54 Å². The van der Waals surface area contributed by atoms with Gasteiger partial charge in [-0.25, -0.2) is 14.7 Å². The molecule has 1 aliphatic rings. The van der Waals surface area contributed by atoms with Gasteiger partial charge in [-0.15, -0.1) is 0 Å². The van der Waals surface area contributed by atoms with Gasteiger partial charge in [-0.3, -0.25) is 0 Å². The number of fused-ring (bicyclic) bond motifs is 1. The molecule has 70 valence electrons. The summed E-state index contributed by atoms with van der Waals surface area (Å²) < 4.78 is 1.87. The summed E-state index contributed by atoms with van der Waals surface area (Å²) >= 11 is 0. The zero-order valence-corrected chi connectivity index (χ0v) is 8.10. The molecule has 0 unspecified atom stereocenters. The maximum absolute atomic E-state index is 4.21. The van der Waals surface area contributed by atoms with E-state index in [1.165, 1.54) is 5.70 Å². The first kappa shape index (κ1) is 8.25. The first-order valence-corrected chi connectivity index (χ1v) is 4.22. The molecular weight excluding hydrogens is 166 g/mol. The van der Waals surface area contributed by atoms with Crippen molar-refractivity contribution in [2.75, 3.05) is 19.1 Å². The van der Waals surface area contributed by atoms with Crippen molar-refractivity contribution in [1.82, 2.24) is 19.8 Å². The number of rotatable bonds is 1. The molecule has 0 fully saturated rings. The second kappa shape index (κ2) is 2.85. The van der Waals surface area contributed by atoms with Crippen LogP contribution in [0.4, 0.5) is 5.95 Å². The van der Waals surface area contributed by atoms with Crippen LogP contribution in [0.3, 0.4) is 0 Å². The third-order valence-electron chi connectivity index (χ3n) is 2.08. The van der Waals surface area contributed by atoms with Crippen molar-refractivity contribution >= 4 is 5.95 Å². The number of hydrazine groups is 1. The lowest BCUT2D eigenvalue weighted by molar-refractivity contribution is 0.378. The van der Waals surface area contributed by atoms with Gasteiger partial charge >= 0.3 is 0 Å². The highest BCUT2D eigenvalue weighted by atomic mass is 15.7. The van der Waals surface area contributed by atoms with Crippen molar-refractivity contribution in [3.05, 3.63) is 18.1 Å². The largest absolute Gasteiger partial charge is 0.246 e. The zero-order valence-electron chi connectivity index (χ0n) is 8.10. The van der Waals surface area contributed by atoms with E-state index in [0.717, 1.165) is 12.5 Å². The molecule has 2 rings (SSSR count). The van der Waals surface area contributed by atoms with Crippen molar-refractivity contribution in [2.45, 2.75) is 13.5 Å². The second-order valence-electron chi connectivity index (χ2n) is 3.25. The van der Waals surface area contributed by atoms with Crippen LogP contribution < -0.4 is 5.01 Å². The van der Waals surface area contributed by atoms with Gasteiger partial charge in [0.2, 0.25) is 5.95 Å². The van der Waals surface area contributed by atoms with E-state index in [2.05, 4.69) is 23.1 Å². The van der Waals surface area contributed by atoms with Crippen LogP contribution >= 0.6 is 0 Å². The van der Waals surface area contributed by atoms with E-state index in [1.807, 2.05) is 28.8 Å². The summed E-state index contributed by atoms with van der Waals surface area (Å²) in [7, 11) is 3.98. The Labute approximate surface area is 77.2 Å². The molecule has 2 heterocycles. The Hall–Kier alpha value is -1.36. The van der Waals surface area contributed by atoms with Gasteiger partial charge in [0, 0.05) is 19.8 Å². The highest BCUT2D eigenvalue weighted by molar-refractivity contribution is 5.39. The Kier molecular flexibility index (Phi) is 1.81. The lowest BCUT2D eigenvalue weighted by atomic mass is 10.4. The van der Waals surface area contributed by atoms with Crippen LogP contribution in [0, 0.1) is 0 Å². The van der Waals surface area contributed by atoms with E-state index < -0.39 is 0 Å². The molecule has 5 heteroatoms. The first-order valence-electron chi connectivity index (χ1n) is 4.22. The SMILES string of the molecule is CC1=CCn2ncnc2N1N(C)C. The fourth-order valence-corrected chi connectivity index (χ4v) is 1.51. The van der Waals surface area contributed by atoms with Crippen molar-refractivity contribution < 1.29 is 0 Å². The molecular formula is C8H13N5. The Morgan fingerprint density at radius 2 is 2.23 bits per heavy atom. The highest BCUT2D eigenvalue weighted by Gasteiger charge is 2.20. The fourth-order valence-electron chi connectivity index (χ4n) is 1.51. The van der Waals surface area contributed by atoms with Crippen LogP contribution in [0.2, 0.25) is 0 Å². The normalized spacial score (nSPS) is 16.0. The number of anilines is 1. The van der Waals surface area contributed by atoms with Gasteiger partial charge in [-0.05, 0) is 13.0 Å². The maximum atomic E-state index is 4.21. The molecule has 5 nitrogen and oxygen atoms in total. The van der Waals surface area contributed by atoms with E-state index in [1.54, 1.807) is 6.33 Å². The quantitative estimate of drug-likeness (QED) is 0.628. The van der Waals surface area contributed by atoms with E-state index in [9.17, 15) is 0 Å². The highest BCUT2D eigenvalue weighted by Crippen LogP contribution is 2.20. The number of aromatic nitrogens is 3. The van der Waals surface area contributed by atoms with Crippen LogP contribution in [0.25, 0.3) is 0 Å². The van der Waals surface area contributed by atoms with Gasteiger partial charge in [0.15, 0.2) is 0 Å². The Morgan fingerprint density at radius 1 is 1.46 bits per heavy atom. The average Bonchev–Trinajstić information content (AvgIpc) is 2.50. The third-order valence-corrected chi connectivity index (χ3v) is 2.08. The van der Waals surface area contributed by atoms with Gasteiger partial charge in [-0.2, -0.15) is 10.1 Å². The Balaban J connectivity index is 2.43. The molecule has 0 bridgehead atoms. The lowest BCUT2D eigenvalue weighted by Gasteiger charge is -2.32. The molecule has 0 radical (unpaired) electrons. The minimum absolute atomic E-state index is 0.811. The minimum Gasteiger partial charge on any atom is -0.246 e. The molecule has 0 saturated heterocycles.